The van der Waals surface area contributed by atoms with E-state index in [4.69, 9.17) is 0 Å². The molecule has 1 unspecified atom stereocenters. The first-order chi connectivity index (χ1) is 8.62. The molecule has 0 bridgehead atoms. The SMILES string of the molecule is CCCCCN(C(=O)C(C(=O)O)C(C)(C)C)C(C)C. The first kappa shape index (κ1) is 17.9. The molecule has 0 spiro atoms. The molecule has 1 N–H and O–H groups in total. The third kappa shape index (κ3) is 5.62. The Morgan fingerprint density at radius 3 is 2.00 bits per heavy atom. The second-order valence-electron chi connectivity index (χ2n) is 6.47. The normalized spacial score (nSPS) is 13.4. The number of rotatable bonds is 7. The van der Waals surface area contributed by atoms with Gasteiger partial charge in [0.05, 0.1) is 0 Å². The van der Waals surface area contributed by atoms with Crippen LogP contribution in [0.2, 0.25) is 0 Å². The minimum atomic E-state index is -1.03. The highest BCUT2D eigenvalue weighted by Gasteiger charge is 2.40. The summed E-state index contributed by atoms with van der Waals surface area (Å²) in [7, 11) is 0. The van der Waals surface area contributed by atoms with Crippen LogP contribution in [0, 0.1) is 11.3 Å². The van der Waals surface area contributed by atoms with E-state index >= 15 is 0 Å². The quantitative estimate of drug-likeness (QED) is 0.571. The van der Waals surface area contributed by atoms with Crippen LogP contribution >= 0.6 is 0 Å². The summed E-state index contributed by atoms with van der Waals surface area (Å²) in [6.07, 6.45) is 3.07. The number of unbranched alkanes of at least 4 members (excludes halogenated alkanes) is 2. The number of carboxylic acid groups (broad SMARTS) is 1. The van der Waals surface area contributed by atoms with Crippen LogP contribution in [-0.2, 0) is 9.59 Å². The van der Waals surface area contributed by atoms with Gasteiger partial charge < -0.3 is 10.0 Å². The van der Waals surface area contributed by atoms with Gasteiger partial charge in [0.2, 0.25) is 5.91 Å². The lowest BCUT2D eigenvalue weighted by Crippen LogP contribution is -2.48. The lowest BCUT2D eigenvalue weighted by molar-refractivity contribution is -0.157. The summed E-state index contributed by atoms with van der Waals surface area (Å²) in [5.74, 6) is -2.26. The van der Waals surface area contributed by atoms with Gasteiger partial charge in [-0.1, -0.05) is 40.5 Å². The highest BCUT2D eigenvalue weighted by Crippen LogP contribution is 2.28. The average Bonchev–Trinajstić information content (AvgIpc) is 2.20. The molecular formula is C15H29NO3. The number of carbonyl (C=O) groups is 2. The fourth-order valence-electron chi connectivity index (χ4n) is 2.17. The first-order valence-electron chi connectivity index (χ1n) is 7.16. The molecule has 0 aromatic rings. The van der Waals surface area contributed by atoms with Gasteiger partial charge in [0.1, 0.15) is 5.92 Å². The predicted molar refractivity (Wildman–Crippen MR) is 77.0 cm³/mol. The molecule has 0 aromatic heterocycles. The van der Waals surface area contributed by atoms with Gasteiger partial charge >= 0.3 is 5.97 Å². The van der Waals surface area contributed by atoms with Crippen LogP contribution in [0.4, 0.5) is 0 Å². The molecule has 0 heterocycles. The van der Waals surface area contributed by atoms with E-state index in [2.05, 4.69) is 6.92 Å². The third-order valence-electron chi connectivity index (χ3n) is 3.27. The fourth-order valence-corrected chi connectivity index (χ4v) is 2.17. The summed E-state index contributed by atoms with van der Waals surface area (Å²) in [6.45, 7) is 12.0. The molecule has 19 heavy (non-hydrogen) atoms. The molecule has 0 radical (unpaired) electrons. The zero-order valence-electron chi connectivity index (χ0n) is 13.2. The van der Waals surface area contributed by atoms with Crippen LogP contribution in [0.5, 0.6) is 0 Å². The molecule has 0 saturated heterocycles. The zero-order chi connectivity index (χ0) is 15.2. The lowest BCUT2D eigenvalue weighted by Gasteiger charge is -2.34. The monoisotopic (exact) mass is 271 g/mol. The van der Waals surface area contributed by atoms with E-state index in [1.807, 2.05) is 13.8 Å². The molecular weight excluding hydrogens is 242 g/mol. The molecule has 4 heteroatoms. The van der Waals surface area contributed by atoms with Gasteiger partial charge in [-0.25, -0.2) is 0 Å². The summed E-state index contributed by atoms with van der Waals surface area (Å²) in [4.78, 5) is 25.6. The van der Waals surface area contributed by atoms with Crippen molar-refractivity contribution in [3.63, 3.8) is 0 Å². The fraction of sp³-hybridized carbons (Fsp3) is 0.867. The maximum absolute atomic E-state index is 12.5. The maximum atomic E-state index is 12.5. The summed E-state index contributed by atoms with van der Waals surface area (Å²) in [5, 5.41) is 9.33. The molecule has 112 valence electrons. The van der Waals surface area contributed by atoms with Crippen molar-refractivity contribution in [3.05, 3.63) is 0 Å². The predicted octanol–water partition coefficient (Wildman–Crippen LogP) is 3.16. The van der Waals surface area contributed by atoms with Crippen LogP contribution in [0.1, 0.15) is 60.8 Å². The second kappa shape index (κ2) is 7.51. The van der Waals surface area contributed by atoms with Gasteiger partial charge in [-0.2, -0.15) is 0 Å². The van der Waals surface area contributed by atoms with Crippen molar-refractivity contribution in [1.29, 1.82) is 0 Å². The Balaban J connectivity index is 5.00. The Morgan fingerprint density at radius 2 is 1.68 bits per heavy atom. The highest BCUT2D eigenvalue weighted by molar-refractivity contribution is 5.97. The van der Waals surface area contributed by atoms with E-state index in [1.165, 1.54) is 0 Å². The van der Waals surface area contributed by atoms with E-state index in [-0.39, 0.29) is 11.9 Å². The van der Waals surface area contributed by atoms with Crippen molar-refractivity contribution in [1.82, 2.24) is 4.90 Å². The van der Waals surface area contributed by atoms with Crippen molar-refractivity contribution in [2.45, 2.75) is 66.8 Å². The van der Waals surface area contributed by atoms with Crippen molar-refractivity contribution in [2.75, 3.05) is 6.54 Å². The van der Waals surface area contributed by atoms with Crippen LogP contribution < -0.4 is 0 Å². The molecule has 0 saturated carbocycles. The minimum Gasteiger partial charge on any atom is -0.481 e. The smallest absolute Gasteiger partial charge is 0.316 e. The summed E-state index contributed by atoms with van der Waals surface area (Å²) >= 11 is 0. The molecule has 1 amide bonds. The minimum absolute atomic E-state index is 0.0357. The van der Waals surface area contributed by atoms with Gasteiger partial charge in [-0.15, -0.1) is 0 Å². The lowest BCUT2D eigenvalue weighted by atomic mass is 9.79. The number of aliphatic carboxylic acids is 1. The number of hydrogen-bond acceptors (Lipinski definition) is 2. The number of carbonyl (C=O) groups excluding carboxylic acids is 1. The Bertz CT molecular complexity index is 305. The molecule has 0 aromatic carbocycles. The van der Waals surface area contributed by atoms with Gasteiger partial charge in [0, 0.05) is 12.6 Å². The number of nitrogens with zero attached hydrogens (tertiary/aromatic N) is 1. The Morgan fingerprint density at radius 1 is 1.16 bits per heavy atom. The van der Waals surface area contributed by atoms with E-state index in [0.29, 0.717) is 6.54 Å². The standard InChI is InChI=1S/C15H29NO3/c1-7-8-9-10-16(11(2)3)13(17)12(14(18)19)15(4,5)6/h11-12H,7-10H2,1-6H3,(H,18,19). The van der Waals surface area contributed by atoms with Crippen molar-refractivity contribution < 1.29 is 14.7 Å². The van der Waals surface area contributed by atoms with Crippen molar-refractivity contribution >= 4 is 11.9 Å². The van der Waals surface area contributed by atoms with Gasteiger partial charge in [-0.3, -0.25) is 9.59 Å². The number of amides is 1. The molecule has 0 rings (SSSR count). The topological polar surface area (TPSA) is 57.6 Å². The summed E-state index contributed by atoms with van der Waals surface area (Å²) in [6, 6.07) is 0.0357. The largest absolute Gasteiger partial charge is 0.481 e. The maximum Gasteiger partial charge on any atom is 0.316 e. The van der Waals surface area contributed by atoms with Crippen LogP contribution in [0.25, 0.3) is 0 Å². The van der Waals surface area contributed by atoms with Gasteiger partial charge in [-0.05, 0) is 25.7 Å². The summed E-state index contributed by atoms with van der Waals surface area (Å²) < 4.78 is 0. The Kier molecular flexibility index (Phi) is 7.09. The third-order valence-corrected chi connectivity index (χ3v) is 3.27. The van der Waals surface area contributed by atoms with Crippen molar-refractivity contribution in [3.8, 4) is 0 Å². The zero-order valence-corrected chi connectivity index (χ0v) is 13.2. The van der Waals surface area contributed by atoms with Crippen LogP contribution in [0.3, 0.4) is 0 Å². The van der Waals surface area contributed by atoms with E-state index in [9.17, 15) is 14.7 Å². The molecule has 1 atom stereocenters. The van der Waals surface area contributed by atoms with E-state index < -0.39 is 17.3 Å². The van der Waals surface area contributed by atoms with Gasteiger partial charge in [0.25, 0.3) is 0 Å². The number of hydrogen-bond donors (Lipinski definition) is 1. The molecule has 0 aliphatic rings. The Labute approximate surface area is 117 Å². The summed E-state index contributed by atoms with van der Waals surface area (Å²) in [5.41, 5.74) is -0.569. The van der Waals surface area contributed by atoms with E-state index in [1.54, 1.807) is 25.7 Å². The molecule has 0 aliphatic heterocycles. The van der Waals surface area contributed by atoms with Gasteiger partial charge in [0.15, 0.2) is 0 Å². The van der Waals surface area contributed by atoms with E-state index in [0.717, 1.165) is 19.3 Å². The molecule has 0 fully saturated rings. The second-order valence-corrected chi connectivity index (χ2v) is 6.47. The number of carboxylic acids is 1. The first-order valence-corrected chi connectivity index (χ1v) is 7.16. The molecule has 0 aliphatic carbocycles. The average molecular weight is 271 g/mol. The Hall–Kier alpha value is -1.06. The highest BCUT2D eigenvalue weighted by atomic mass is 16.4. The molecule has 4 nitrogen and oxygen atoms in total. The van der Waals surface area contributed by atoms with Crippen molar-refractivity contribution in [2.24, 2.45) is 11.3 Å². The van der Waals surface area contributed by atoms with Crippen LogP contribution in [-0.4, -0.2) is 34.5 Å². The van der Waals surface area contributed by atoms with Crippen LogP contribution in [0.15, 0.2) is 0 Å².